The third-order valence-corrected chi connectivity index (χ3v) is 2.65. The SMILES string of the molecule is CC(Cc1cc(O)cc2c1OCCO2)C(=O)O. The average Bonchev–Trinajstić information content (AvgIpc) is 2.28. The Hall–Kier alpha value is -1.91. The number of rotatable bonds is 3. The Bertz CT molecular complexity index is 441. The summed E-state index contributed by atoms with van der Waals surface area (Å²) < 4.78 is 10.8. The molecule has 17 heavy (non-hydrogen) atoms. The highest BCUT2D eigenvalue weighted by atomic mass is 16.6. The first-order valence-corrected chi connectivity index (χ1v) is 5.42. The second-order valence-corrected chi connectivity index (χ2v) is 4.07. The van der Waals surface area contributed by atoms with Crippen molar-refractivity contribution in [3.05, 3.63) is 17.7 Å². The largest absolute Gasteiger partial charge is 0.508 e. The van der Waals surface area contributed by atoms with Crippen LogP contribution in [0.15, 0.2) is 12.1 Å². The minimum absolute atomic E-state index is 0.0573. The van der Waals surface area contributed by atoms with Crippen LogP contribution < -0.4 is 9.47 Å². The number of phenols is 1. The highest BCUT2D eigenvalue weighted by Gasteiger charge is 2.21. The van der Waals surface area contributed by atoms with Crippen molar-refractivity contribution in [2.24, 2.45) is 5.92 Å². The minimum atomic E-state index is -0.876. The number of fused-ring (bicyclic) bond motifs is 1. The minimum Gasteiger partial charge on any atom is -0.508 e. The summed E-state index contributed by atoms with van der Waals surface area (Å²) in [5, 5.41) is 18.4. The van der Waals surface area contributed by atoms with Crippen molar-refractivity contribution in [2.45, 2.75) is 13.3 Å². The summed E-state index contributed by atoms with van der Waals surface area (Å²) in [6.07, 6.45) is 0.301. The molecule has 0 bridgehead atoms. The zero-order valence-corrected chi connectivity index (χ0v) is 9.47. The number of aliphatic carboxylic acids is 1. The third-order valence-electron chi connectivity index (χ3n) is 2.65. The normalized spacial score (nSPS) is 15.4. The van der Waals surface area contributed by atoms with Gasteiger partial charge in [-0.2, -0.15) is 0 Å². The van der Waals surface area contributed by atoms with Gasteiger partial charge >= 0.3 is 5.97 Å². The van der Waals surface area contributed by atoms with Crippen LogP contribution in [0.3, 0.4) is 0 Å². The number of hydrogen-bond acceptors (Lipinski definition) is 4. The van der Waals surface area contributed by atoms with E-state index in [1.54, 1.807) is 6.92 Å². The van der Waals surface area contributed by atoms with E-state index < -0.39 is 11.9 Å². The van der Waals surface area contributed by atoms with Crippen molar-refractivity contribution in [2.75, 3.05) is 13.2 Å². The molecular formula is C12H14O5. The fraction of sp³-hybridized carbons (Fsp3) is 0.417. The number of hydrogen-bond donors (Lipinski definition) is 2. The molecule has 1 heterocycles. The first-order valence-electron chi connectivity index (χ1n) is 5.42. The zero-order chi connectivity index (χ0) is 12.4. The molecule has 5 nitrogen and oxygen atoms in total. The van der Waals surface area contributed by atoms with Crippen LogP contribution in [0.1, 0.15) is 12.5 Å². The fourth-order valence-electron chi connectivity index (χ4n) is 1.78. The number of ether oxygens (including phenoxy) is 2. The predicted molar refractivity (Wildman–Crippen MR) is 59.6 cm³/mol. The van der Waals surface area contributed by atoms with Gasteiger partial charge in [-0.05, 0) is 12.5 Å². The van der Waals surface area contributed by atoms with Gasteiger partial charge in [0.1, 0.15) is 19.0 Å². The van der Waals surface area contributed by atoms with Crippen molar-refractivity contribution >= 4 is 5.97 Å². The molecule has 0 fully saturated rings. The van der Waals surface area contributed by atoms with E-state index in [-0.39, 0.29) is 5.75 Å². The summed E-state index contributed by atoms with van der Waals surface area (Å²) in [4.78, 5) is 10.8. The van der Waals surface area contributed by atoms with E-state index in [0.717, 1.165) is 0 Å². The van der Waals surface area contributed by atoms with Crippen LogP contribution in [-0.4, -0.2) is 29.4 Å². The summed E-state index contributed by atoms with van der Waals surface area (Å²) in [6, 6.07) is 3.00. The molecule has 1 atom stereocenters. The first-order chi connectivity index (χ1) is 8.08. The molecule has 1 aromatic rings. The molecule has 0 spiro atoms. The monoisotopic (exact) mass is 238 g/mol. The Kier molecular flexibility index (Phi) is 3.08. The Morgan fingerprint density at radius 3 is 2.82 bits per heavy atom. The molecule has 1 aliphatic rings. The maximum Gasteiger partial charge on any atom is 0.306 e. The Balaban J connectivity index is 2.32. The van der Waals surface area contributed by atoms with Crippen LogP contribution >= 0.6 is 0 Å². The fourth-order valence-corrected chi connectivity index (χ4v) is 1.78. The number of benzene rings is 1. The molecule has 92 valence electrons. The molecule has 1 aliphatic heterocycles. The molecule has 0 aliphatic carbocycles. The summed E-state index contributed by atoms with van der Waals surface area (Å²) in [5.41, 5.74) is 0.662. The second kappa shape index (κ2) is 4.53. The number of aromatic hydroxyl groups is 1. The maximum absolute atomic E-state index is 10.8. The van der Waals surface area contributed by atoms with Crippen LogP contribution in [0.25, 0.3) is 0 Å². The van der Waals surface area contributed by atoms with Gasteiger partial charge in [-0.15, -0.1) is 0 Å². The van der Waals surface area contributed by atoms with Crippen LogP contribution in [0.5, 0.6) is 17.2 Å². The maximum atomic E-state index is 10.8. The van der Waals surface area contributed by atoms with Crippen molar-refractivity contribution in [1.29, 1.82) is 0 Å². The van der Waals surface area contributed by atoms with E-state index in [9.17, 15) is 9.90 Å². The number of carboxylic acids is 1. The topological polar surface area (TPSA) is 76.0 Å². The predicted octanol–water partition coefficient (Wildman–Crippen LogP) is 1.43. The molecular weight excluding hydrogens is 224 g/mol. The first kappa shape index (κ1) is 11.6. The van der Waals surface area contributed by atoms with Crippen LogP contribution in [-0.2, 0) is 11.2 Å². The molecule has 1 aromatic carbocycles. The molecule has 1 unspecified atom stereocenters. The zero-order valence-electron chi connectivity index (χ0n) is 9.47. The van der Waals surface area contributed by atoms with Crippen LogP contribution in [0, 0.1) is 5.92 Å². The average molecular weight is 238 g/mol. The molecule has 2 rings (SSSR count). The lowest BCUT2D eigenvalue weighted by molar-refractivity contribution is -0.141. The van der Waals surface area contributed by atoms with E-state index in [4.69, 9.17) is 14.6 Å². The molecule has 0 saturated heterocycles. The Morgan fingerprint density at radius 2 is 2.12 bits per heavy atom. The van der Waals surface area contributed by atoms with Gasteiger partial charge in [-0.25, -0.2) is 0 Å². The highest BCUT2D eigenvalue weighted by molar-refractivity contribution is 5.70. The number of phenolic OH excluding ortho intramolecular Hbond substituents is 1. The van der Waals surface area contributed by atoms with E-state index in [2.05, 4.69) is 0 Å². The van der Waals surface area contributed by atoms with Gasteiger partial charge < -0.3 is 19.7 Å². The van der Waals surface area contributed by atoms with Gasteiger partial charge in [0.2, 0.25) is 0 Å². The van der Waals surface area contributed by atoms with Crippen molar-refractivity contribution in [3.8, 4) is 17.2 Å². The standard InChI is InChI=1S/C12H14O5/c1-7(12(14)15)4-8-5-9(13)6-10-11(8)17-3-2-16-10/h5-7,13H,2-4H2,1H3,(H,14,15). The smallest absolute Gasteiger partial charge is 0.306 e. The van der Waals surface area contributed by atoms with Crippen LogP contribution in [0.2, 0.25) is 0 Å². The lowest BCUT2D eigenvalue weighted by atomic mass is 9.99. The van der Waals surface area contributed by atoms with Gasteiger partial charge in [0.15, 0.2) is 11.5 Å². The van der Waals surface area contributed by atoms with E-state index >= 15 is 0 Å². The lowest BCUT2D eigenvalue weighted by Crippen LogP contribution is -2.18. The van der Waals surface area contributed by atoms with E-state index in [0.29, 0.717) is 36.7 Å². The van der Waals surface area contributed by atoms with Crippen molar-refractivity contribution in [3.63, 3.8) is 0 Å². The van der Waals surface area contributed by atoms with Gasteiger partial charge in [0.05, 0.1) is 5.92 Å². The molecule has 0 saturated carbocycles. The molecule has 0 aromatic heterocycles. The van der Waals surface area contributed by atoms with Gasteiger partial charge in [-0.3, -0.25) is 4.79 Å². The Morgan fingerprint density at radius 1 is 1.41 bits per heavy atom. The summed E-state index contributed by atoms with van der Waals surface area (Å²) in [7, 11) is 0. The lowest BCUT2D eigenvalue weighted by Gasteiger charge is -2.22. The van der Waals surface area contributed by atoms with Crippen molar-refractivity contribution < 1.29 is 24.5 Å². The molecule has 2 N–H and O–H groups in total. The molecule has 0 radical (unpaired) electrons. The Labute approximate surface area is 98.6 Å². The summed E-state index contributed by atoms with van der Waals surface area (Å²) >= 11 is 0. The highest BCUT2D eigenvalue weighted by Crippen LogP contribution is 2.38. The van der Waals surface area contributed by atoms with Crippen molar-refractivity contribution in [1.82, 2.24) is 0 Å². The molecule has 5 heteroatoms. The van der Waals surface area contributed by atoms with Gasteiger partial charge in [-0.1, -0.05) is 6.92 Å². The number of carbonyl (C=O) groups is 1. The quantitative estimate of drug-likeness (QED) is 0.833. The van der Waals surface area contributed by atoms with E-state index in [1.807, 2.05) is 0 Å². The van der Waals surface area contributed by atoms with E-state index in [1.165, 1.54) is 12.1 Å². The van der Waals surface area contributed by atoms with Gasteiger partial charge in [0.25, 0.3) is 0 Å². The van der Waals surface area contributed by atoms with Crippen LogP contribution in [0.4, 0.5) is 0 Å². The molecule has 0 amide bonds. The second-order valence-electron chi connectivity index (χ2n) is 4.07. The summed E-state index contributed by atoms with van der Waals surface area (Å²) in [5.74, 6) is -0.335. The summed E-state index contributed by atoms with van der Waals surface area (Å²) in [6.45, 7) is 2.49. The third kappa shape index (κ3) is 2.43. The van der Waals surface area contributed by atoms with Gasteiger partial charge in [0, 0.05) is 11.6 Å². The number of carboxylic acid groups (broad SMARTS) is 1.